The van der Waals surface area contributed by atoms with Crippen LogP contribution in [0.25, 0.3) is 0 Å². The highest BCUT2D eigenvalue weighted by Crippen LogP contribution is 2.39. The number of pyridine rings is 1. The number of carbonyl (C=O) groups excluding carboxylic acids is 1. The Morgan fingerprint density at radius 3 is 2.16 bits per heavy atom. The summed E-state index contributed by atoms with van der Waals surface area (Å²) in [5.41, 5.74) is 1.88. The molecule has 2 fully saturated rings. The third-order valence-electron chi connectivity index (χ3n) is 7.27. The number of aromatic nitrogens is 1. The summed E-state index contributed by atoms with van der Waals surface area (Å²) >= 11 is 12.7. The molecule has 2 saturated carbocycles. The topological polar surface area (TPSA) is 84.2 Å². The van der Waals surface area contributed by atoms with Gasteiger partial charge in [0.1, 0.15) is 21.9 Å². The summed E-state index contributed by atoms with van der Waals surface area (Å²) in [6, 6.07) is 9.44. The molecule has 0 N–H and O–H groups in total. The van der Waals surface area contributed by atoms with Gasteiger partial charge in [0, 0.05) is 26.1 Å². The smallest absolute Gasteiger partial charge is 0.387 e. The third kappa shape index (κ3) is 8.32. The number of hydrogen-bond acceptors (Lipinski definition) is 7. The highest BCUT2D eigenvalue weighted by molar-refractivity contribution is 6.35. The second-order valence-corrected chi connectivity index (χ2v) is 11.9. The Bertz CT molecular complexity index is 1440. The van der Waals surface area contributed by atoms with E-state index in [1.807, 2.05) is 19.0 Å². The van der Waals surface area contributed by atoms with Crippen molar-refractivity contribution in [1.29, 1.82) is 0 Å². The standard InChI is InChI=1S/C31H32Cl2F2N2O6/c1-36(2)25-9-7-21(12-28(25)40-16-18-3-4-18)30(38)42-27(13-22-23(32)14-37(39)15-24(22)33)20-8-10-26(43-31(34)35)29(11-20)41-17-19-5-6-19/h7-12,14-15,18-19,27,31H,3-6,13,16-17H2,1-2H3/t27-/m0/s1. The van der Waals surface area contributed by atoms with E-state index in [9.17, 15) is 18.8 Å². The molecule has 0 aliphatic heterocycles. The molecule has 3 aromatic rings. The van der Waals surface area contributed by atoms with E-state index >= 15 is 0 Å². The summed E-state index contributed by atoms with van der Waals surface area (Å²) in [7, 11) is 3.77. The van der Waals surface area contributed by atoms with Gasteiger partial charge < -0.3 is 29.1 Å². The average Bonchev–Trinajstić information content (AvgIpc) is 3.88. The number of rotatable bonds is 14. The molecule has 0 spiro atoms. The lowest BCUT2D eigenvalue weighted by Gasteiger charge is -2.22. The fraction of sp³-hybridized carbons (Fsp3) is 0.419. The zero-order chi connectivity index (χ0) is 30.7. The van der Waals surface area contributed by atoms with Crippen molar-refractivity contribution in [2.24, 2.45) is 11.8 Å². The number of hydrogen-bond donors (Lipinski definition) is 0. The Morgan fingerprint density at radius 1 is 0.953 bits per heavy atom. The van der Waals surface area contributed by atoms with Gasteiger partial charge in [0.25, 0.3) is 0 Å². The first kappa shape index (κ1) is 30.9. The Morgan fingerprint density at radius 2 is 1.58 bits per heavy atom. The summed E-state index contributed by atoms with van der Waals surface area (Å²) < 4.78 is 49.3. The summed E-state index contributed by atoms with van der Waals surface area (Å²) in [5, 5.41) is 12.0. The minimum Gasteiger partial charge on any atom is -0.619 e. The van der Waals surface area contributed by atoms with Crippen LogP contribution in [-0.4, -0.2) is 39.9 Å². The molecule has 8 nitrogen and oxygen atoms in total. The summed E-state index contributed by atoms with van der Waals surface area (Å²) in [4.78, 5) is 15.5. The van der Waals surface area contributed by atoms with E-state index in [-0.39, 0.29) is 33.5 Å². The second-order valence-electron chi connectivity index (χ2n) is 11.1. The number of nitrogens with zero attached hydrogens (tertiary/aromatic N) is 2. The van der Waals surface area contributed by atoms with Crippen LogP contribution >= 0.6 is 23.2 Å². The number of alkyl halides is 2. The quantitative estimate of drug-likeness (QED) is 0.107. The monoisotopic (exact) mass is 636 g/mol. The van der Waals surface area contributed by atoms with Crippen molar-refractivity contribution in [2.75, 3.05) is 32.2 Å². The largest absolute Gasteiger partial charge is 0.619 e. The molecular weight excluding hydrogens is 605 g/mol. The lowest BCUT2D eigenvalue weighted by Crippen LogP contribution is -2.25. The minimum absolute atomic E-state index is 0.0117. The van der Waals surface area contributed by atoms with Crippen molar-refractivity contribution in [2.45, 2.75) is 44.8 Å². The minimum atomic E-state index is -3.05. The van der Waals surface area contributed by atoms with Crippen LogP contribution in [0.15, 0.2) is 48.8 Å². The van der Waals surface area contributed by atoms with E-state index in [1.54, 1.807) is 18.2 Å². The number of anilines is 1. The molecule has 43 heavy (non-hydrogen) atoms. The van der Waals surface area contributed by atoms with Gasteiger partial charge in [-0.05, 0) is 73.4 Å². The first-order valence-corrected chi connectivity index (χ1v) is 14.8. The first-order chi connectivity index (χ1) is 20.6. The molecule has 2 aromatic carbocycles. The highest BCUT2D eigenvalue weighted by atomic mass is 35.5. The number of benzene rings is 2. The lowest BCUT2D eigenvalue weighted by molar-refractivity contribution is -0.605. The maximum atomic E-state index is 13.6. The van der Waals surface area contributed by atoms with Crippen LogP contribution in [0.1, 0.15) is 53.3 Å². The zero-order valence-corrected chi connectivity index (χ0v) is 25.2. The van der Waals surface area contributed by atoms with Gasteiger partial charge >= 0.3 is 12.6 Å². The van der Waals surface area contributed by atoms with E-state index in [0.717, 1.165) is 43.8 Å². The van der Waals surface area contributed by atoms with Crippen molar-refractivity contribution in [3.63, 3.8) is 0 Å². The maximum Gasteiger partial charge on any atom is 0.387 e. The van der Waals surface area contributed by atoms with Gasteiger partial charge in [-0.3, -0.25) is 0 Å². The van der Waals surface area contributed by atoms with Crippen molar-refractivity contribution in [3.05, 3.63) is 80.7 Å². The molecule has 1 heterocycles. The van der Waals surface area contributed by atoms with Crippen LogP contribution < -0.4 is 23.8 Å². The average molecular weight is 638 g/mol. The molecule has 1 aromatic heterocycles. The number of ether oxygens (including phenoxy) is 4. The molecule has 2 aliphatic carbocycles. The second kappa shape index (κ2) is 13.4. The van der Waals surface area contributed by atoms with Crippen LogP contribution in [0.5, 0.6) is 17.2 Å². The van der Waals surface area contributed by atoms with Gasteiger partial charge in [-0.25, -0.2) is 4.79 Å². The molecule has 5 rings (SSSR count). The molecule has 0 radical (unpaired) electrons. The molecule has 2 aliphatic rings. The van der Waals surface area contributed by atoms with Gasteiger partial charge in [-0.15, -0.1) is 0 Å². The molecule has 230 valence electrons. The maximum absolute atomic E-state index is 13.6. The van der Waals surface area contributed by atoms with Gasteiger partial charge in [-0.2, -0.15) is 13.5 Å². The zero-order valence-electron chi connectivity index (χ0n) is 23.7. The first-order valence-electron chi connectivity index (χ1n) is 14.0. The van der Waals surface area contributed by atoms with Gasteiger partial charge in [0.05, 0.1) is 24.5 Å². The summed E-state index contributed by atoms with van der Waals surface area (Å²) in [6.45, 7) is -2.15. The predicted molar refractivity (Wildman–Crippen MR) is 158 cm³/mol. The van der Waals surface area contributed by atoms with Crippen LogP contribution in [0.4, 0.5) is 14.5 Å². The van der Waals surface area contributed by atoms with Crippen molar-refractivity contribution in [3.8, 4) is 17.2 Å². The summed E-state index contributed by atoms with van der Waals surface area (Å²) in [5.74, 6) is 0.725. The Balaban J connectivity index is 1.47. The molecule has 0 unspecified atom stereocenters. The molecule has 0 bridgehead atoms. The normalized spacial score (nSPS) is 15.2. The number of esters is 1. The third-order valence-corrected chi connectivity index (χ3v) is 7.92. The number of halogens is 4. The molecular formula is C31H32Cl2F2N2O6. The number of carbonyl (C=O) groups is 1. The van der Waals surface area contributed by atoms with Crippen LogP contribution in [-0.2, 0) is 11.2 Å². The van der Waals surface area contributed by atoms with Crippen LogP contribution in [0.3, 0.4) is 0 Å². The highest BCUT2D eigenvalue weighted by Gasteiger charge is 2.28. The predicted octanol–water partition coefficient (Wildman–Crippen LogP) is 7.01. The Labute approximate surface area is 258 Å². The lowest BCUT2D eigenvalue weighted by atomic mass is 10.0. The van der Waals surface area contributed by atoms with Gasteiger partial charge in [0.15, 0.2) is 23.9 Å². The fourth-order valence-electron chi connectivity index (χ4n) is 4.48. The van der Waals surface area contributed by atoms with Gasteiger partial charge in [-0.1, -0.05) is 29.3 Å². The van der Waals surface area contributed by atoms with E-state index in [0.29, 0.717) is 46.7 Å². The SMILES string of the molecule is CN(C)c1ccc(C(=O)O[C@@H](Cc2c(Cl)c[n+]([O-])cc2Cl)c2ccc(OC(F)F)c(OCC3CC3)c2)cc1OCC1CC1. The molecule has 1 atom stereocenters. The van der Waals surface area contributed by atoms with E-state index in [2.05, 4.69) is 4.74 Å². The Kier molecular flexibility index (Phi) is 9.66. The molecule has 0 saturated heterocycles. The van der Waals surface area contributed by atoms with Crippen LogP contribution in [0.2, 0.25) is 10.0 Å². The van der Waals surface area contributed by atoms with Crippen LogP contribution in [0, 0.1) is 17.0 Å². The molecule has 12 heteroatoms. The van der Waals surface area contributed by atoms with E-state index in [4.69, 9.17) is 37.4 Å². The fourth-order valence-corrected chi connectivity index (χ4v) is 5.08. The van der Waals surface area contributed by atoms with Crippen molar-refractivity contribution < 1.29 is 37.3 Å². The van der Waals surface area contributed by atoms with Gasteiger partial charge in [0.2, 0.25) is 0 Å². The van der Waals surface area contributed by atoms with E-state index < -0.39 is 18.7 Å². The van der Waals surface area contributed by atoms with E-state index in [1.165, 1.54) is 18.2 Å². The molecule has 0 amide bonds. The Hall–Kier alpha value is -3.50. The van der Waals surface area contributed by atoms with Crippen molar-refractivity contribution in [1.82, 2.24) is 0 Å². The summed E-state index contributed by atoms with van der Waals surface area (Å²) in [6.07, 6.45) is 5.52. The van der Waals surface area contributed by atoms with Crippen molar-refractivity contribution >= 4 is 34.9 Å².